The Balaban J connectivity index is 1.91. The minimum Gasteiger partial charge on any atom is -0.324 e. The molecule has 0 aromatic heterocycles. The summed E-state index contributed by atoms with van der Waals surface area (Å²) in [5, 5.41) is 11.9. The summed E-state index contributed by atoms with van der Waals surface area (Å²) in [5.41, 5.74) is 1.11. The smallest absolute Gasteiger partial charge is 0.238 e. The van der Waals surface area contributed by atoms with Crippen LogP contribution in [0.25, 0.3) is 0 Å². The standard InChI is InChI=1S/C17H23N3O/c1-13(2)9-10-20(15-7-8-15)12-17(21)19-16-6-4-3-5-14(16)11-18/h3-6,13,15H,7-10,12H2,1-2H3,(H,19,21). The molecule has 1 aliphatic rings. The largest absolute Gasteiger partial charge is 0.324 e. The number of rotatable bonds is 7. The van der Waals surface area contributed by atoms with E-state index in [1.165, 1.54) is 12.8 Å². The maximum absolute atomic E-state index is 12.2. The Morgan fingerprint density at radius 3 is 2.76 bits per heavy atom. The molecule has 1 fully saturated rings. The fraction of sp³-hybridized carbons (Fsp3) is 0.529. The zero-order valence-electron chi connectivity index (χ0n) is 12.8. The van der Waals surface area contributed by atoms with Gasteiger partial charge < -0.3 is 5.32 Å². The Bertz CT molecular complexity index is 529. The van der Waals surface area contributed by atoms with Gasteiger partial charge in [-0.1, -0.05) is 26.0 Å². The van der Waals surface area contributed by atoms with Crippen molar-refractivity contribution in [1.82, 2.24) is 4.90 Å². The summed E-state index contributed by atoms with van der Waals surface area (Å²) in [6, 6.07) is 9.78. The molecule has 1 N–H and O–H groups in total. The van der Waals surface area contributed by atoms with Crippen LogP contribution in [0.4, 0.5) is 5.69 Å². The van der Waals surface area contributed by atoms with Crippen LogP contribution < -0.4 is 5.32 Å². The number of nitriles is 1. The summed E-state index contributed by atoms with van der Waals surface area (Å²) in [5.74, 6) is 0.613. The lowest BCUT2D eigenvalue weighted by Gasteiger charge is -2.22. The molecule has 1 aromatic carbocycles. The van der Waals surface area contributed by atoms with Crippen molar-refractivity contribution in [2.75, 3.05) is 18.4 Å². The Morgan fingerprint density at radius 1 is 1.43 bits per heavy atom. The summed E-state index contributed by atoms with van der Waals surface area (Å²) in [6.07, 6.45) is 3.50. The number of carbonyl (C=O) groups is 1. The summed E-state index contributed by atoms with van der Waals surface area (Å²) in [7, 11) is 0. The minimum atomic E-state index is -0.0339. The van der Waals surface area contributed by atoms with Gasteiger partial charge in [-0.05, 0) is 43.9 Å². The van der Waals surface area contributed by atoms with Crippen molar-refractivity contribution >= 4 is 11.6 Å². The first-order valence-corrected chi connectivity index (χ1v) is 7.63. The number of anilines is 1. The molecule has 1 saturated carbocycles. The molecule has 0 aliphatic heterocycles. The van der Waals surface area contributed by atoms with Gasteiger partial charge in [-0.25, -0.2) is 0 Å². The summed E-state index contributed by atoms with van der Waals surface area (Å²) in [6.45, 7) is 5.79. The zero-order chi connectivity index (χ0) is 15.2. The molecule has 0 radical (unpaired) electrons. The second-order valence-corrected chi connectivity index (χ2v) is 6.09. The highest BCUT2D eigenvalue weighted by atomic mass is 16.2. The van der Waals surface area contributed by atoms with Crippen molar-refractivity contribution in [3.63, 3.8) is 0 Å². The quantitative estimate of drug-likeness (QED) is 0.838. The first-order valence-electron chi connectivity index (χ1n) is 7.63. The highest BCUT2D eigenvalue weighted by Crippen LogP contribution is 2.27. The third kappa shape index (κ3) is 4.87. The van der Waals surface area contributed by atoms with Crippen molar-refractivity contribution in [3.05, 3.63) is 29.8 Å². The van der Waals surface area contributed by atoms with Crippen LogP contribution in [0.15, 0.2) is 24.3 Å². The molecule has 0 bridgehead atoms. The molecule has 0 unspecified atom stereocenters. The monoisotopic (exact) mass is 285 g/mol. The van der Waals surface area contributed by atoms with Crippen LogP contribution in [0.3, 0.4) is 0 Å². The lowest BCUT2D eigenvalue weighted by atomic mass is 10.1. The maximum Gasteiger partial charge on any atom is 0.238 e. The normalized spacial score (nSPS) is 14.2. The van der Waals surface area contributed by atoms with E-state index < -0.39 is 0 Å². The highest BCUT2D eigenvalue weighted by Gasteiger charge is 2.30. The molecule has 4 heteroatoms. The summed E-state index contributed by atoms with van der Waals surface area (Å²) >= 11 is 0. The number of para-hydroxylation sites is 1. The topological polar surface area (TPSA) is 56.1 Å². The second-order valence-electron chi connectivity index (χ2n) is 6.09. The predicted molar refractivity (Wildman–Crippen MR) is 83.8 cm³/mol. The number of hydrogen-bond donors (Lipinski definition) is 1. The average molecular weight is 285 g/mol. The van der Waals surface area contributed by atoms with Crippen LogP contribution in [0.5, 0.6) is 0 Å². The molecule has 1 aliphatic carbocycles. The first kappa shape index (κ1) is 15.5. The van der Waals surface area contributed by atoms with Crippen LogP contribution >= 0.6 is 0 Å². The number of carbonyl (C=O) groups excluding carboxylic acids is 1. The summed E-state index contributed by atoms with van der Waals surface area (Å²) in [4.78, 5) is 14.5. The molecule has 1 amide bonds. The Kier molecular flexibility index (Phi) is 5.35. The fourth-order valence-corrected chi connectivity index (χ4v) is 2.32. The second kappa shape index (κ2) is 7.24. The van der Waals surface area contributed by atoms with Gasteiger partial charge in [-0.3, -0.25) is 9.69 Å². The van der Waals surface area contributed by atoms with Gasteiger partial charge >= 0.3 is 0 Å². The lowest BCUT2D eigenvalue weighted by Crippen LogP contribution is -2.36. The number of hydrogen-bond acceptors (Lipinski definition) is 3. The molecule has 21 heavy (non-hydrogen) atoms. The van der Waals surface area contributed by atoms with Crippen LogP contribution in [-0.4, -0.2) is 29.9 Å². The van der Waals surface area contributed by atoms with Crippen LogP contribution in [0.1, 0.15) is 38.7 Å². The van der Waals surface area contributed by atoms with E-state index in [4.69, 9.17) is 5.26 Å². The van der Waals surface area contributed by atoms with Gasteiger partial charge in [0, 0.05) is 6.04 Å². The van der Waals surface area contributed by atoms with Crippen molar-refractivity contribution in [3.8, 4) is 6.07 Å². The van der Waals surface area contributed by atoms with Crippen molar-refractivity contribution in [1.29, 1.82) is 5.26 Å². The van der Waals surface area contributed by atoms with Crippen LogP contribution in [0.2, 0.25) is 0 Å². The minimum absolute atomic E-state index is 0.0339. The van der Waals surface area contributed by atoms with E-state index in [2.05, 4.69) is 30.1 Å². The predicted octanol–water partition coefficient (Wildman–Crippen LogP) is 3.01. The zero-order valence-corrected chi connectivity index (χ0v) is 12.8. The first-order chi connectivity index (χ1) is 10.1. The molecular weight excluding hydrogens is 262 g/mol. The van der Waals surface area contributed by atoms with E-state index in [0.717, 1.165) is 13.0 Å². The molecule has 0 heterocycles. The molecular formula is C17H23N3O. The van der Waals surface area contributed by atoms with Crippen molar-refractivity contribution in [2.24, 2.45) is 5.92 Å². The number of amides is 1. The molecule has 0 spiro atoms. The molecule has 0 saturated heterocycles. The lowest BCUT2D eigenvalue weighted by molar-refractivity contribution is -0.117. The van der Waals surface area contributed by atoms with E-state index in [0.29, 0.717) is 29.8 Å². The Hall–Kier alpha value is -1.86. The molecule has 1 aromatic rings. The van der Waals surface area contributed by atoms with Gasteiger partial charge in [0.05, 0.1) is 17.8 Å². The molecule has 0 atom stereocenters. The van der Waals surface area contributed by atoms with Gasteiger partial charge in [-0.2, -0.15) is 5.26 Å². The Morgan fingerprint density at radius 2 is 2.14 bits per heavy atom. The van der Waals surface area contributed by atoms with Gasteiger partial charge in [0.2, 0.25) is 5.91 Å². The highest BCUT2D eigenvalue weighted by molar-refractivity contribution is 5.93. The number of benzene rings is 1. The average Bonchev–Trinajstić information content (AvgIpc) is 3.28. The SMILES string of the molecule is CC(C)CCN(CC(=O)Nc1ccccc1C#N)C1CC1. The third-order valence-electron chi connectivity index (χ3n) is 3.73. The van der Waals surface area contributed by atoms with E-state index >= 15 is 0 Å². The van der Waals surface area contributed by atoms with Gasteiger partial charge in [-0.15, -0.1) is 0 Å². The van der Waals surface area contributed by atoms with Crippen molar-refractivity contribution < 1.29 is 4.79 Å². The van der Waals surface area contributed by atoms with Crippen LogP contribution in [-0.2, 0) is 4.79 Å². The van der Waals surface area contributed by atoms with E-state index in [1.807, 2.05) is 6.07 Å². The summed E-state index contributed by atoms with van der Waals surface area (Å²) < 4.78 is 0. The Labute approximate surface area is 126 Å². The maximum atomic E-state index is 12.2. The van der Waals surface area contributed by atoms with Gasteiger partial charge in [0.1, 0.15) is 6.07 Å². The fourth-order valence-electron chi connectivity index (χ4n) is 2.32. The third-order valence-corrected chi connectivity index (χ3v) is 3.73. The van der Waals surface area contributed by atoms with Crippen molar-refractivity contribution in [2.45, 2.75) is 39.2 Å². The molecule has 4 nitrogen and oxygen atoms in total. The van der Waals surface area contributed by atoms with E-state index in [9.17, 15) is 4.79 Å². The number of nitrogens with zero attached hydrogens (tertiary/aromatic N) is 2. The van der Waals surface area contributed by atoms with Gasteiger partial charge in [0.25, 0.3) is 0 Å². The van der Waals surface area contributed by atoms with Gasteiger partial charge in [0.15, 0.2) is 0 Å². The van der Waals surface area contributed by atoms with E-state index in [1.54, 1.807) is 18.2 Å². The number of nitrogens with one attached hydrogen (secondary N) is 1. The van der Waals surface area contributed by atoms with E-state index in [-0.39, 0.29) is 5.91 Å². The molecule has 112 valence electrons. The molecule has 2 rings (SSSR count). The van der Waals surface area contributed by atoms with Crippen LogP contribution in [0, 0.1) is 17.2 Å².